The third kappa shape index (κ3) is 9.31. The molecule has 0 aliphatic carbocycles. The molecule has 1 unspecified atom stereocenters. The fourth-order valence-corrected chi connectivity index (χ4v) is 7.69. The molecule has 53 heavy (non-hydrogen) atoms. The number of nitrogens with one attached hydrogen (secondary N) is 2. The van der Waals surface area contributed by atoms with Crippen LogP contribution in [0.15, 0.2) is 48.8 Å². The predicted octanol–water partition coefficient (Wildman–Crippen LogP) is 6.87. The zero-order valence-electron chi connectivity index (χ0n) is 29.7. The lowest BCUT2D eigenvalue weighted by molar-refractivity contribution is -0.136. The first-order valence-corrected chi connectivity index (χ1v) is 18.6. The summed E-state index contributed by atoms with van der Waals surface area (Å²) in [6.45, 7) is 2.36. The van der Waals surface area contributed by atoms with E-state index < -0.39 is 24.5 Å². The van der Waals surface area contributed by atoms with Gasteiger partial charge in [0.05, 0.1) is 17.3 Å². The fraction of sp³-hybridized carbons (Fsp3) is 0.462. The second-order valence-electron chi connectivity index (χ2n) is 13.8. The average Bonchev–Trinajstić information content (AvgIpc) is 3.47. The highest BCUT2D eigenvalue weighted by Gasteiger charge is 2.40. The summed E-state index contributed by atoms with van der Waals surface area (Å²) >= 11 is 6.19. The molecule has 4 amide bonds. The number of piperidine rings is 2. The van der Waals surface area contributed by atoms with Crippen LogP contribution in [0.1, 0.15) is 101 Å². The number of nitrogens with zero attached hydrogens (tertiary/aromatic N) is 3. The number of alkyl halides is 2. The molecule has 0 spiro atoms. The number of hydrogen-bond donors (Lipinski definition) is 2. The van der Waals surface area contributed by atoms with Crippen LogP contribution in [0.4, 0.5) is 14.5 Å². The zero-order chi connectivity index (χ0) is 37.5. The third-order valence-corrected chi connectivity index (χ3v) is 10.6. The van der Waals surface area contributed by atoms with Crippen molar-refractivity contribution in [3.8, 4) is 11.5 Å². The van der Waals surface area contributed by atoms with Gasteiger partial charge in [0.2, 0.25) is 11.8 Å². The number of anilines is 1. The van der Waals surface area contributed by atoms with Crippen molar-refractivity contribution in [1.82, 2.24) is 20.1 Å². The van der Waals surface area contributed by atoms with E-state index in [1.807, 2.05) is 12.1 Å². The van der Waals surface area contributed by atoms with Gasteiger partial charge in [-0.05, 0) is 106 Å². The van der Waals surface area contributed by atoms with Crippen LogP contribution in [0, 0.1) is 6.92 Å². The Morgan fingerprint density at radius 1 is 1.02 bits per heavy atom. The standard InChI is InChI=1S/C39H44ClF2N5O6/c1-24-21-43-22-30(40)35(24)45-36(49)26-10-12-32(53-39(41)42)33(20-26)52-19-6-4-2-3-5-16-46-17-14-25(15-18-46)27-8-7-9-28-29(27)23-47(38(28)51)31-11-13-34(48)44-37(31)50/h7-10,12,20-22,25,31,39H,2-6,11,13-19,23H2,1H3,(H,43,45,49)(H,44,48,50). The van der Waals surface area contributed by atoms with Gasteiger partial charge in [-0.15, -0.1) is 0 Å². The van der Waals surface area contributed by atoms with Crippen LogP contribution >= 0.6 is 11.6 Å². The van der Waals surface area contributed by atoms with Crippen molar-refractivity contribution in [2.24, 2.45) is 0 Å². The Balaban J connectivity index is 0.908. The Bertz CT molecular complexity index is 1820. The van der Waals surface area contributed by atoms with E-state index in [1.165, 1.54) is 30.0 Å². The van der Waals surface area contributed by atoms with Gasteiger partial charge in [-0.3, -0.25) is 29.5 Å². The monoisotopic (exact) mass is 751 g/mol. The van der Waals surface area contributed by atoms with Crippen molar-refractivity contribution < 1.29 is 37.4 Å². The van der Waals surface area contributed by atoms with E-state index in [1.54, 1.807) is 18.0 Å². The van der Waals surface area contributed by atoms with Gasteiger partial charge >= 0.3 is 6.61 Å². The molecule has 1 atom stereocenters. The van der Waals surface area contributed by atoms with Crippen LogP contribution in [-0.2, 0) is 16.1 Å². The Hall–Kier alpha value is -4.62. The number of aryl methyl sites for hydroxylation is 1. The second-order valence-corrected chi connectivity index (χ2v) is 14.2. The van der Waals surface area contributed by atoms with E-state index in [4.69, 9.17) is 16.3 Å². The van der Waals surface area contributed by atoms with Gasteiger partial charge in [0.15, 0.2) is 11.5 Å². The van der Waals surface area contributed by atoms with Crippen molar-refractivity contribution in [2.45, 2.75) is 89.8 Å². The van der Waals surface area contributed by atoms with Crippen LogP contribution in [0.25, 0.3) is 0 Å². The number of pyridine rings is 1. The Morgan fingerprint density at radius 2 is 1.79 bits per heavy atom. The highest BCUT2D eigenvalue weighted by atomic mass is 35.5. The Labute approximate surface area is 312 Å². The number of hydrogen-bond acceptors (Lipinski definition) is 8. The number of carbonyl (C=O) groups excluding carboxylic acids is 4. The number of fused-ring (bicyclic) bond motifs is 1. The number of imide groups is 1. The Morgan fingerprint density at radius 3 is 2.55 bits per heavy atom. The minimum absolute atomic E-state index is 0.0672. The van der Waals surface area contributed by atoms with Crippen LogP contribution in [0.5, 0.6) is 11.5 Å². The molecular formula is C39H44ClF2N5O6. The molecule has 3 aromatic rings. The summed E-state index contributed by atoms with van der Waals surface area (Å²) < 4.78 is 36.6. The first-order chi connectivity index (χ1) is 25.6. The third-order valence-electron chi connectivity index (χ3n) is 10.3. The maximum atomic E-state index is 13.3. The number of rotatable bonds is 15. The van der Waals surface area contributed by atoms with Crippen molar-refractivity contribution in [1.29, 1.82) is 0 Å². The zero-order valence-corrected chi connectivity index (χ0v) is 30.4. The first kappa shape index (κ1) is 38.1. The summed E-state index contributed by atoms with van der Waals surface area (Å²) in [5.41, 5.74) is 4.18. The largest absolute Gasteiger partial charge is 0.490 e. The van der Waals surface area contributed by atoms with Gasteiger partial charge in [-0.2, -0.15) is 8.78 Å². The number of aromatic nitrogens is 1. The van der Waals surface area contributed by atoms with Crippen molar-refractivity contribution in [3.05, 3.63) is 81.6 Å². The summed E-state index contributed by atoms with van der Waals surface area (Å²) in [5.74, 6) is -1.02. The SMILES string of the molecule is Cc1cncc(Cl)c1NC(=O)c1ccc(OC(F)F)c(OCCCCCCCN2CCC(c3cccc4c3CN(C3CCC(=O)NC3=O)C4=O)CC2)c1. The van der Waals surface area contributed by atoms with Gasteiger partial charge in [-0.1, -0.05) is 43.0 Å². The number of unbranched alkanes of at least 4 members (excludes halogenated alkanes) is 4. The smallest absolute Gasteiger partial charge is 0.387 e. The topological polar surface area (TPSA) is 130 Å². The maximum Gasteiger partial charge on any atom is 0.387 e. The molecule has 2 fully saturated rings. The molecule has 2 N–H and O–H groups in total. The summed E-state index contributed by atoms with van der Waals surface area (Å²) in [5, 5.41) is 5.40. The van der Waals surface area contributed by atoms with Crippen LogP contribution in [0.2, 0.25) is 5.02 Å². The molecular weight excluding hydrogens is 708 g/mol. The highest BCUT2D eigenvalue weighted by molar-refractivity contribution is 6.34. The first-order valence-electron chi connectivity index (χ1n) is 18.2. The minimum Gasteiger partial charge on any atom is -0.490 e. The molecule has 6 rings (SSSR count). The molecule has 11 nitrogen and oxygen atoms in total. The summed E-state index contributed by atoms with van der Waals surface area (Å²) in [7, 11) is 0. The molecule has 1 aromatic heterocycles. The summed E-state index contributed by atoms with van der Waals surface area (Å²) in [6, 6.07) is 9.36. The molecule has 2 saturated heterocycles. The lowest BCUT2D eigenvalue weighted by Crippen LogP contribution is -2.52. The van der Waals surface area contributed by atoms with Gasteiger partial charge in [0.1, 0.15) is 6.04 Å². The van der Waals surface area contributed by atoms with E-state index in [-0.39, 0.29) is 46.9 Å². The van der Waals surface area contributed by atoms with Crippen LogP contribution < -0.4 is 20.1 Å². The van der Waals surface area contributed by atoms with E-state index in [9.17, 15) is 28.0 Å². The number of likely N-dealkylation sites (tertiary alicyclic amines) is 1. The van der Waals surface area contributed by atoms with E-state index in [2.05, 4.69) is 31.3 Å². The van der Waals surface area contributed by atoms with Crippen molar-refractivity contribution in [2.75, 3.05) is 31.6 Å². The molecule has 0 saturated carbocycles. The Kier molecular flexibility index (Phi) is 12.6. The van der Waals surface area contributed by atoms with Gasteiger partial charge in [-0.25, -0.2) is 0 Å². The van der Waals surface area contributed by atoms with Crippen LogP contribution in [-0.4, -0.2) is 77.3 Å². The number of ether oxygens (including phenoxy) is 2. The molecule has 4 heterocycles. The molecule has 0 bridgehead atoms. The maximum absolute atomic E-state index is 13.3. The summed E-state index contributed by atoms with van der Waals surface area (Å²) in [4.78, 5) is 58.4. The minimum atomic E-state index is -3.04. The van der Waals surface area contributed by atoms with E-state index in [0.717, 1.165) is 63.7 Å². The molecule has 3 aliphatic rings. The molecule has 282 valence electrons. The summed E-state index contributed by atoms with van der Waals surface area (Å²) in [6.07, 6.45) is 10.3. The van der Waals surface area contributed by atoms with E-state index in [0.29, 0.717) is 42.1 Å². The molecule has 14 heteroatoms. The lowest BCUT2D eigenvalue weighted by atomic mass is 9.85. The fourth-order valence-electron chi connectivity index (χ4n) is 7.44. The number of amides is 4. The van der Waals surface area contributed by atoms with E-state index >= 15 is 0 Å². The lowest BCUT2D eigenvalue weighted by Gasteiger charge is -2.33. The highest BCUT2D eigenvalue weighted by Crippen LogP contribution is 2.37. The molecule has 0 radical (unpaired) electrons. The van der Waals surface area contributed by atoms with Gasteiger partial charge in [0.25, 0.3) is 11.8 Å². The van der Waals surface area contributed by atoms with Gasteiger partial charge in [0, 0.05) is 36.5 Å². The number of benzene rings is 2. The van der Waals surface area contributed by atoms with Gasteiger partial charge < -0.3 is 24.6 Å². The normalized spacial score (nSPS) is 17.9. The van der Waals surface area contributed by atoms with Crippen molar-refractivity contribution in [3.63, 3.8) is 0 Å². The number of carbonyl (C=O) groups is 4. The number of halogens is 3. The molecule has 3 aliphatic heterocycles. The van der Waals surface area contributed by atoms with Crippen LogP contribution in [0.3, 0.4) is 0 Å². The second kappa shape index (κ2) is 17.5. The molecule has 2 aromatic carbocycles. The predicted molar refractivity (Wildman–Crippen MR) is 194 cm³/mol. The quantitative estimate of drug-likeness (QED) is 0.127. The average molecular weight is 752 g/mol. The van der Waals surface area contributed by atoms with Crippen molar-refractivity contribution >= 4 is 40.9 Å².